The van der Waals surface area contributed by atoms with E-state index in [4.69, 9.17) is 9.72 Å². The third-order valence-corrected chi connectivity index (χ3v) is 7.52. The molecule has 150 valence electrons. The monoisotopic (exact) mass is 401 g/mol. The Balaban J connectivity index is 1.61. The quantitative estimate of drug-likeness (QED) is 0.788. The Labute approximate surface area is 167 Å². The molecular formula is C21H27N3O3S. The highest BCUT2D eigenvalue weighted by Crippen LogP contribution is 2.37. The molecule has 0 aliphatic carbocycles. The maximum Gasteiger partial charge on any atom is 0.243 e. The van der Waals surface area contributed by atoms with Gasteiger partial charge in [-0.2, -0.15) is 4.31 Å². The number of sulfonamides is 1. The molecule has 1 unspecified atom stereocenters. The molecular weight excluding hydrogens is 374 g/mol. The Morgan fingerprint density at radius 3 is 2.46 bits per heavy atom. The Morgan fingerprint density at radius 2 is 1.79 bits per heavy atom. The predicted molar refractivity (Wildman–Crippen MR) is 109 cm³/mol. The maximum absolute atomic E-state index is 13.2. The van der Waals surface area contributed by atoms with Crippen molar-refractivity contribution in [2.24, 2.45) is 0 Å². The lowest BCUT2D eigenvalue weighted by Crippen LogP contribution is -2.37. The predicted octanol–water partition coefficient (Wildman–Crippen LogP) is 3.06. The van der Waals surface area contributed by atoms with E-state index in [0.717, 1.165) is 48.4 Å². The first-order chi connectivity index (χ1) is 13.5. The molecule has 0 spiro atoms. The summed E-state index contributed by atoms with van der Waals surface area (Å²) >= 11 is 0. The lowest BCUT2D eigenvalue weighted by molar-refractivity contribution is 0.122. The van der Waals surface area contributed by atoms with E-state index in [1.807, 2.05) is 25.3 Å². The first-order valence-corrected chi connectivity index (χ1v) is 11.3. The number of anilines is 1. The van der Waals surface area contributed by atoms with Crippen LogP contribution in [0.1, 0.15) is 35.6 Å². The molecule has 0 amide bonds. The van der Waals surface area contributed by atoms with Gasteiger partial charge < -0.3 is 9.64 Å². The SMILES string of the molecule is Cc1ccc(S(=O)(=O)N2CCCC2c2cnc(N3CCOCC3)c(C)c2)cc1. The fraction of sp³-hybridized carbons (Fsp3) is 0.476. The molecule has 0 bridgehead atoms. The van der Waals surface area contributed by atoms with Crippen LogP contribution in [0, 0.1) is 13.8 Å². The minimum Gasteiger partial charge on any atom is -0.378 e. The van der Waals surface area contributed by atoms with Gasteiger partial charge in [0, 0.05) is 25.8 Å². The number of aromatic nitrogens is 1. The number of morpholine rings is 1. The lowest BCUT2D eigenvalue weighted by atomic mass is 10.1. The van der Waals surface area contributed by atoms with Crippen LogP contribution in [0.2, 0.25) is 0 Å². The fourth-order valence-corrected chi connectivity index (χ4v) is 5.77. The summed E-state index contributed by atoms with van der Waals surface area (Å²) in [7, 11) is -3.52. The van der Waals surface area contributed by atoms with E-state index in [0.29, 0.717) is 24.7 Å². The van der Waals surface area contributed by atoms with Gasteiger partial charge in [-0.05, 0) is 56.0 Å². The molecule has 0 radical (unpaired) electrons. The summed E-state index contributed by atoms with van der Waals surface area (Å²) in [4.78, 5) is 7.29. The Hall–Kier alpha value is -1.96. The Morgan fingerprint density at radius 1 is 1.07 bits per heavy atom. The van der Waals surface area contributed by atoms with Crippen LogP contribution < -0.4 is 4.90 Å². The third-order valence-electron chi connectivity index (χ3n) is 5.60. The molecule has 1 aromatic heterocycles. The van der Waals surface area contributed by atoms with Crippen LogP contribution >= 0.6 is 0 Å². The molecule has 2 fully saturated rings. The molecule has 2 aliphatic heterocycles. The van der Waals surface area contributed by atoms with E-state index < -0.39 is 10.0 Å². The topological polar surface area (TPSA) is 62.7 Å². The van der Waals surface area contributed by atoms with Crippen molar-refractivity contribution in [1.29, 1.82) is 0 Å². The van der Waals surface area contributed by atoms with Gasteiger partial charge in [0.1, 0.15) is 5.82 Å². The van der Waals surface area contributed by atoms with Gasteiger partial charge >= 0.3 is 0 Å². The van der Waals surface area contributed by atoms with Crippen molar-refractivity contribution in [1.82, 2.24) is 9.29 Å². The molecule has 3 heterocycles. The minimum atomic E-state index is -3.52. The number of rotatable bonds is 4. The number of pyridine rings is 1. The zero-order valence-corrected chi connectivity index (χ0v) is 17.3. The van der Waals surface area contributed by atoms with Crippen LogP contribution in [0.15, 0.2) is 41.4 Å². The van der Waals surface area contributed by atoms with E-state index in [1.54, 1.807) is 16.4 Å². The fourth-order valence-electron chi connectivity index (χ4n) is 4.08. The summed E-state index contributed by atoms with van der Waals surface area (Å²) in [6.45, 7) is 7.66. The summed E-state index contributed by atoms with van der Waals surface area (Å²) in [6.07, 6.45) is 3.54. The number of aryl methyl sites for hydroxylation is 2. The molecule has 0 N–H and O–H groups in total. The van der Waals surface area contributed by atoms with Gasteiger partial charge in [-0.15, -0.1) is 0 Å². The summed E-state index contributed by atoms with van der Waals surface area (Å²) in [6, 6.07) is 9.04. The molecule has 2 aliphatic rings. The van der Waals surface area contributed by atoms with Crippen molar-refractivity contribution >= 4 is 15.8 Å². The zero-order chi connectivity index (χ0) is 19.7. The van der Waals surface area contributed by atoms with E-state index in [1.165, 1.54) is 0 Å². The van der Waals surface area contributed by atoms with Gasteiger partial charge in [0.2, 0.25) is 10.0 Å². The van der Waals surface area contributed by atoms with Crippen LogP contribution in [0.4, 0.5) is 5.82 Å². The van der Waals surface area contributed by atoms with Gasteiger partial charge in [-0.1, -0.05) is 17.7 Å². The standard InChI is InChI=1S/C21H27N3O3S/c1-16-5-7-19(8-6-16)28(25,26)24-9-3-4-20(24)18-14-17(2)21(22-15-18)23-10-12-27-13-11-23/h5-8,14-15,20H,3-4,9-13H2,1-2H3. The first-order valence-electron chi connectivity index (χ1n) is 9.84. The number of hydrogen-bond acceptors (Lipinski definition) is 5. The van der Waals surface area contributed by atoms with E-state index >= 15 is 0 Å². The first kappa shape index (κ1) is 19.4. The van der Waals surface area contributed by atoms with Crippen LogP contribution in [0.3, 0.4) is 0 Å². The Bertz CT molecular complexity index is 938. The average Bonchev–Trinajstić information content (AvgIpc) is 3.20. The van der Waals surface area contributed by atoms with Crippen molar-refractivity contribution in [2.75, 3.05) is 37.7 Å². The van der Waals surface area contributed by atoms with Crippen LogP contribution in [-0.2, 0) is 14.8 Å². The highest BCUT2D eigenvalue weighted by molar-refractivity contribution is 7.89. The second-order valence-electron chi connectivity index (χ2n) is 7.60. The minimum absolute atomic E-state index is 0.156. The van der Waals surface area contributed by atoms with Crippen molar-refractivity contribution in [3.05, 3.63) is 53.2 Å². The summed E-state index contributed by atoms with van der Waals surface area (Å²) in [5.41, 5.74) is 3.11. The highest BCUT2D eigenvalue weighted by Gasteiger charge is 2.36. The van der Waals surface area contributed by atoms with Crippen molar-refractivity contribution in [3.8, 4) is 0 Å². The number of benzene rings is 1. The summed E-state index contributed by atoms with van der Waals surface area (Å²) in [5.74, 6) is 0.970. The molecule has 1 aromatic carbocycles. The molecule has 1 atom stereocenters. The van der Waals surface area contributed by atoms with Crippen molar-refractivity contribution in [3.63, 3.8) is 0 Å². The second-order valence-corrected chi connectivity index (χ2v) is 9.49. The normalized spacial score (nSPS) is 21.2. The second kappa shape index (κ2) is 7.81. The lowest BCUT2D eigenvalue weighted by Gasteiger charge is -2.30. The molecule has 4 rings (SSSR count). The molecule has 28 heavy (non-hydrogen) atoms. The summed E-state index contributed by atoms with van der Waals surface area (Å²) < 4.78 is 33.5. The van der Waals surface area contributed by atoms with Crippen LogP contribution in [-0.4, -0.2) is 50.6 Å². The molecule has 7 heteroatoms. The highest BCUT2D eigenvalue weighted by atomic mass is 32.2. The van der Waals surface area contributed by atoms with Gasteiger partial charge in [0.25, 0.3) is 0 Å². The number of hydrogen-bond donors (Lipinski definition) is 0. The van der Waals surface area contributed by atoms with Crippen LogP contribution in [0.25, 0.3) is 0 Å². The van der Waals surface area contributed by atoms with Gasteiger partial charge in [0.15, 0.2) is 0 Å². The maximum atomic E-state index is 13.2. The van der Waals surface area contributed by atoms with Gasteiger partial charge in [0.05, 0.1) is 24.2 Å². The summed E-state index contributed by atoms with van der Waals surface area (Å²) in [5, 5.41) is 0. The molecule has 0 saturated carbocycles. The Kier molecular flexibility index (Phi) is 5.40. The average molecular weight is 402 g/mol. The zero-order valence-electron chi connectivity index (χ0n) is 16.5. The molecule has 2 aromatic rings. The van der Waals surface area contributed by atoms with Crippen molar-refractivity contribution in [2.45, 2.75) is 37.6 Å². The third kappa shape index (κ3) is 3.66. The molecule has 6 nitrogen and oxygen atoms in total. The van der Waals surface area contributed by atoms with E-state index in [2.05, 4.69) is 17.9 Å². The van der Waals surface area contributed by atoms with Gasteiger partial charge in [-0.25, -0.2) is 13.4 Å². The number of ether oxygens (including phenoxy) is 1. The van der Waals surface area contributed by atoms with Crippen molar-refractivity contribution < 1.29 is 13.2 Å². The van der Waals surface area contributed by atoms with E-state index in [-0.39, 0.29) is 6.04 Å². The van der Waals surface area contributed by atoms with E-state index in [9.17, 15) is 8.42 Å². The smallest absolute Gasteiger partial charge is 0.243 e. The largest absolute Gasteiger partial charge is 0.378 e. The van der Waals surface area contributed by atoms with Crippen LogP contribution in [0.5, 0.6) is 0 Å². The number of nitrogens with zero attached hydrogens (tertiary/aromatic N) is 3. The van der Waals surface area contributed by atoms with Gasteiger partial charge in [-0.3, -0.25) is 0 Å². The molecule has 2 saturated heterocycles.